The Hall–Kier alpha value is -1.92. The van der Waals surface area contributed by atoms with Crippen LogP contribution in [0.5, 0.6) is 0 Å². The molecule has 0 aliphatic rings. The number of rotatable bonds is 52. The number of nitrogens with one attached hydrogen (secondary N) is 1. The minimum atomic E-state index is -0.791. The van der Waals surface area contributed by atoms with Crippen molar-refractivity contribution in [3.8, 4) is 0 Å². The number of hydrogen-bond acceptors (Lipinski definition) is 5. The number of carbonyl (C=O) groups excluding carboxylic acids is 2. The quantitative estimate of drug-likeness (QED) is 0.0321. The van der Waals surface area contributed by atoms with Gasteiger partial charge in [-0.3, -0.25) is 9.59 Å². The van der Waals surface area contributed by atoms with Crippen LogP contribution in [-0.4, -0.2) is 46.9 Å². The van der Waals surface area contributed by atoms with Crippen molar-refractivity contribution in [3.63, 3.8) is 0 Å². The first-order chi connectivity index (χ1) is 32.0. The fourth-order valence-corrected chi connectivity index (χ4v) is 8.85. The molecule has 0 radical (unpaired) electrons. The highest BCUT2D eigenvalue weighted by Crippen LogP contribution is 2.18. The van der Waals surface area contributed by atoms with Gasteiger partial charge < -0.3 is 20.3 Å². The standard InChI is InChI=1S/C59H111NO5/c1-4-7-10-13-16-19-22-24-26-28-30-32-34-37-40-43-46-49-52-59(64)65-55(50-47-44-41-38-36-33-31-29-27-25-23-20-17-14-11-8-5-2)53-58(63)60-56(54-61)57(62)51-48-45-42-39-35-21-18-15-12-9-6-3/h17,20,25,27,31,33,55-57,61-62H,4-16,18-19,21-24,26,28-30,32,34-54H2,1-3H3,(H,60,63)/b20-17-,27-25-,33-31-. The second kappa shape index (κ2) is 53.0. The molecular weight excluding hydrogens is 803 g/mol. The molecule has 3 unspecified atom stereocenters. The van der Waals surface area contributed by atoms with Crippen LogP contribution in [0.1, 0.15) is 303 Å². The van der Waals surface area contributed by atoms with Crippen molar-refractivity contribution in [1.82, 2.24) is 5.32 Å². The maximum absolute atomic E-state index is 13.2. The molecular formula is C59H111NO5. The van der Waals surface area contributed by atoms with Gasteiger partial charge in [-0.2, -0.15) is 0 Å². The molecule has 382 valence electrons. The molecule has 0 rings (SSSR count). The largest absolute Gasteiger partial charge is 0.462 e. The van der Waals surface area contributed by atoms with Crippen LogP contribution in [-0.2, 0) is 14.3 Å². The molecule has 0 aliphatic carbocycles. The van der Waals surface area contributed by atoms with Gasteiger partial charge in [-0.15, -0.1) is 0 Å². The molecule has 3 atom stereocenters. The summed E-state index contributed by atoms with van der Waals surface area (Å²) in [6, 6.07) is -0.706. The summed E-state index contributed by atoms with van der Waals surface area (Å²) in [5, 5.41) is 23.8. The highest BCUT2D eigenvalue weighted by atomic mass is 16.5. The average molecular weight is 915 g/mol. The van der Waals surface area contributed by atoms with Crippen molar-refractivity contribution in [2.24, 2.45) is 0 Å². The van der Waals surface area contributed by atoms with E-state index in [1.807, 2.05) is 0 Å². The van der Waals surface area contributed by atoms with E-state index >= 15 is 0 Å². The Kier molecular flexibility index (Phi) is 51.5. The van der Waals surface area contributed by atoms with E-state index in [1.165, 1.54) is 173 Å². The fraction of sp³-hybridized carbons (Fsp3) is 0.864. The van der Waals surface area contributed by atoms with E-state index in [4.69, 9.17) is 4.74 Å². The van der Waals surface area contributed by atoms with Gasteiger partial charge >= 0.3 is 5.97 Å². The first-order valence-electron chi connectivity index (χ1n) is 28.7. The summed E-state index contributed by atoms with van der Waals surface area (Å²) in [6.45, 7) is 6.47. The molecule has 0 aliphatic heterocycles. The molecule has 0 aromatic carbocycles. The molecule has 0 saturated carbocycles. The highest BCUT2D eigenvalue weighted by Gasteiger charge is 2.24. The van der Waals surface area contributed by atoms with Crippen LogP contribution < -0.4 is 5.32 Å². The third-order valence-corrected chi connectivity index (χ3v) is 13.2. The number of amides is 1. The van der Waals surface area contributed by atoms with Gasteiger partial charge in [0, 0.05) is 6.42 Å². The zero-order valence-electron chi connectivity index (χ0n) is 43.6. The normalized spacial score (nSPS) is 13.4. The van der Waals surface area contributed by atoms with E-state index in [2.05, 4.69) is 62.5 Å². The number of allylic oxidation sites excluding steroid dienone is 6. The van der Waals surface area contributed by atoms with Crippen molar-refractivity contribution in [3.05, 3.63) is 36.5 Å². The minimum Gasteiger partial charge on any atom is -0.462 e. The summed E-state index contributed by atoms with van der Waals surface area (Å²) in [5.74, 6) is -0.480. The van der Waals surface area contributed by atoms with Crippen molar-refractivity contribution in [2.45, 2.75) is 322 Å². The van der Waals surface area contributed by atoms with Crippen molar-refractivity contribution >= 4 is 11.9 Å². The Morgan fingerprint density at radius 1 is 0.446 bits per heavy atom. The smallest absolute Gasteiger partial charge is 0.306 e. The summed E-state index contributed by atoms with van der Waals surface area (Å²) in [7, 11) is 0. The molecule has 0 spiro atoms. The zero-order chi connectivity index (χ0) is 47.4. The topological polar surface area (TPSA) is 95.9 Å². The first-order valence-corrected chi connectivity index (χ1v) is 28.7. The summed E-state index contributed by atoms with van der Waals surface area (Å²) < 4.78 is 5.96. The van der Waals surface area contributed by atoms with Crippen molar-refractivity contribution in [2.75, 3.05) is 6.61 Å². The van der Waals surface area contributed by atoms with Crippen LogP contribution in [0.2, 0.25) is 0 Å². The summed E-state index contributed by atoms with van der Waals surface area (Å²) >= 11 is 0. The lowest BCUT2D eigenvalue weighted by Crippen LogP contribution is -2.46. The summed E-state index contributed by atoms with van der Waals surface area (Å²) in [5.41, 5.74) is 0. The Morgan fingerprint density at radius 3 is 1.22 bits per heavy atom. The molecule has 6 heteroatoms. The van der Waals surface area contributed by atoms with E-state index in [9.17, 15) is 19.8 Å². The van der Waals surface area contributed by atoms with Crippen LogP contribution >= 0.6 is 0 Å². The molecule has 6 nitrogen and oxygen atoms in total. The molecule has 0 saturated heterocycles. The minimum absolute atomic E-state index is 0.0669. The fourth-order valence-electron chi connectivity index (χ4n) is 8.85. The van der Waals surface area contributed by atoms with Crippen LogP contribution in [0.4, 0.5) is 0 Å². The maximum Gasteiger partial charge on any atom is 0.306 e. The maximum atomic E-state index is 13.2. The summed E-state index contributed by atoms with van der Waals surface area (Å²) in [4.78, 5) is 26.3. The first kappa shape index (κ1) is 63.1. The Labute approximate surface area is 404 Å². The van der Waals surface area contributed by atoms with E-state index in [0.717, 1.165) is 83.5 Å². The number of aliphatic hydroxyl groups is 2. The third kappa shape index (κ3) is 48.3. The lowest BCUT2D eigenvalue weighted by atomic mass is 10.0. The van der Waals surface area contributed by atoms with Gasteiger partial charge in [-0.1, -0.05) is 263 Å². The lowest BCUT2D eigenvalue weighted by molar-refractivity contribution is -0.151. The third-order valence-electron chi connectivity index (χ3n) is 13.2. The molecule has 65 heavy (non-hydrogen) atoms. The van der Waals surface area contributed by atoms with E-state index in [1.54, 1.807) is 0 Å². The van der Waals surface area contributed by atoms with Gasteiger partial charge in [0.15, 0.2) is 0 Å². The molecule has 1 amide bonds. The van der Waals surface area contributed by atoms with E-state index in [0.29, 0.717) is 19.3 Å². The second-order valence-corrected chi connectivity index (χ2v) is 19.7. The molecule has 0 aromatic rings. The number of carbonyl (C=O) groups is 2. The number of esters is 1. The number of hydrogen-bond donors (Lipinski definition) is 3. The Balaban J connectivity index is 4.56. The highest BCUT2D eigenvalue weighted by molar-refractivity contribution is 5.77. The number of ether oxygens (including phenoxy) is 1. The van der Waals surface area contributed by atoms with E-state index < -0.39 is 18.2 Å². The van der Waals surface area contributed by atoms with Crippen molar-refractivity contribution in [1.29, 1.82) is 0 Å². The van der Waals surface area contributed by atoms with Crippen LogP contribution in [0.15, 0.2) is 36.5 Å². The second-order valence-electron chi connectivity index (χ2n) is 19.7. The molecule has 0 fully saturated rings. The molecule has 3 N–H and O–H groups in total. The van der Waals surface area contributed by atoms with Gasteiger partial charge in [0.25, 0.3) is 0 Å². The molecule has 0 aromatic heterocycles. The zero-order valence-corrected chi connectivity index (χ0v) is 43.6. The van der Waals surface area contributed by atoms with Gasteiger partial charge in [-0.25, -0.2) is 0 Å². The van der Waals surface area contributed by atoms with Crippen LogP contribution in [0.3, 0.4) is 0 Å². The lowest BCUT2D eigenvalue weighted by Gasteiger charge is -2.24. The number of aliphatic hydroxyl groups excluding tert-OH is 2. The SMILES string of the molecule is CCCCC/C=C\C/C=C\C/C=C\CCCCCCC(CC(=O)NC(CO)C(O)CCCCCCCCCCCCC)OC(=O)CCCCCCCCCCCCCCCCCCCC. The van der Waals surface area contributed by atoms with Gasteiger partial charge in [0.05, 0.1) is 25.2 Å². The van der Waals surface area contributed by atoms with Gasteiger partial charge in [-0.05, 0) is 64.2 Å². The van der Waals surface area contributed by atoms with Gasteiger partial charge in [0.1, 0.15) is 6.10 Å². The molecule has 0 heterocycles. The van der Waals surface area contributed by atoms with Crippen LogP contribution in [0, 0.1) is 0 Å². The summed E-state index contributed by atoms with van der Waals surface area (Å²) in [6.07, 6.45) is 63.5. The van der Waals surface area contributed by atoms with Gasteiger partial charge in [0.2, 0.25) is 5.91 Å². The Bertz CT molecular complexity index is 1070. The average Bonchev–Trinajstić information content (AvgIpc) is 3.30. The Morgan fingerprint density at radius 2 is 0.785 bits per heavy atom. The van der Waals surface area contributed by atoms with E-state index in [-0.39, 0.29) is 24.9 Å². The van der Waals surface area contributed by atoms with Crippen molar-refractivity contribution < 1.29 is 24.5 Å². The molecule has 0 bridgehead atoms. The monoisotopic (exact) mass is 914 g/mol. The van der Waals surface area contributed by atoms with Crippen LogP contribution in [0.25, 0.3) is 0 Å². The number of unbranched alkanes of at least 4 members (excludes halogenated alkanes) is 34. The predicted molar refractivity (Wildman–Crippen MR) is 282 cm³/mol. The predicted octanol–water partition coefficient (Wildman–Crippen LogP) is 17.6.